The summed E-state index contributed by atoms with van der Waals surface area (Å²) in [5.41, 5.74) is 2.56. The van der Waals surface area contributed by atoms with Gasteiger partial charge in [-0.3, -0.25) is 9.78 Å². The molecule has 0 aliphatic heterocycles. The number of carbonyl (C=O) groups is 1. The Labute approximate surface area is 137 Å². The number of fused-ring (bicyclic) bond motifs is 1. The minimum absolute atomic E-state index is 0.218. The Morgan fingerprint density at radius 1 is 1.26 bits per heavy atom. The van der Waals surface area contributed by atoms with Gasteiger partial charge in [0, 0.05) is 16.5 Å². The van der Waals surface area contributed by atoms with E-state index in [1.54, 1.807) is 23.5 Å². The van der Waals surface area contributed by atoms with Gasteiger partial charge in [0.1, 0.15) is 5.82 Å². The first-order chi connectivity index (χ1) is 10.9. The number of halogens is 1. The molecule has 2 heterocycles. The lowest BCUT2D eigenvalue weighted by Gasteiger charge is -2.13. The summed E-state index contributed by atoms with van der Waals surface area (Å²) in [5, 5.41) is 6.31. The van der Waals surface area contributed by atoms with Gasteiger partial charge in [-0.05, 0) is 45.0 Å². The second-order valence-corrected chi connectivity index (χ2v) is 6.52. The Morgan fingerprint density at radius 2 is 2.04 bits per heavy atom. The number of pyridine rings is 1. The SMILES string of the molecule is Cc1cc(C(=O)NC(C)c2csc(C)n2)c2cc(F)ccc2n1. The number of hydrogen-bond donors (Lipinski definition) is 1. The summed E-state index contributed by atoms with van der Waals surface area (Å²) in [6.07, 6.45) is 0. The summed E-state index contributed by atoms with van der Waals surface area (Å²) in [6.45, 7) is 5.61. The number of nitrogens with one attached hydrogen (secondary N) is 1. The first-order valence-electron chi connectivity index (χ1n) is 7.24. The molecule has 1 N–H and O–H groups in total. The molecule has 2 aromatic heterocycles. The molecule has 0 bridgehead atoms. The fourth-order valence-corrected chi connectivity index (χ4v) is 3.15. The zero-order valence-electron chi connectivity index (χ0n) is 13.1. The quantitative estimate of drug-likeness (QED) is 0.792. The van der Waals surface area contributed by atoms with E-state index >= 15 is 0 Å². The molecule has 1 amide bonds. The van der Waals surface area contributed by atoms with Crippen molar-refractivity contribution in [2.75, 3.05) is 0 Å². The molecule has 0 spiro atoms. The molecule has 0 radical (unpaired) electrons. The summed E-state index contributed by atoms with van der Waals surface area (Å²) < 4.78 is 13.5. The van der Waals surface area contributed by atoms with E-state index in [1.807, 2.05) is 26.2 Å². The largest absolute Gasteiger partial charge is 0.344 e. The van der Waals surface area contributed by atoms with Crippen LogP contribution in [0.3, 0.4) is 0 Å². The number of carbonyl (C=O) groups excluding carboxylic acids is 1. The van der Waals surface area contributed by atoms with Crippen molar-refractivity contribution in [1.29, 1.82) is 0 Å². The predicted molar refractivity (Wildman–Crippen MR) is 89.2 cm³/mol. The number of aromatic nitrogens is 2. The summed E-state index contributed by atoms with van der Waals surface area (Å²) in [7, 11) is 0. The first kappa shape index (κ1) is 15.6. The summed E-state index contributed by atoms with van der Waals surface area (Å²) >= 11 is 1.54. The monoisotopic (exact) mass is 329 g/mol. The topological polar surface area (TPSA) is 54.9 Å². The maximum atomic E-state index is 13.5. The lowest BCUT2D eigenvalue weighted by atomic mass is 10.1. The summed E-state index contributed by atoms with van der Waals surface area (Å²) in [4.78, 5) is 21.4. The van der Waals surface area contributed by atoms with Crippen molar-refractivity contribution >= 4 is 28.1 Å². The van der Waals surface area contributed by atoms with E-state index in [0.29, 0.717) is 22.2 Å². The lowest BCUT2D eigenvalue weighted by molar-refractivity contribution is 0.0940. The number of thiazole rings is 1. The van der Waals surface area contributed by atoms with E-state index in [0.717, 1.165) is 10.7 Å². The van der Waals surface area contributed by atoms with Crippen molar-refractivity contribution in [3.05, 3.63) is 57.4 Å². The molecule has 3 rings (SSSR count). The standard InChI is InChI=1S/C17H16FN3OS/c1-9-6-14(13-7-12(18)4-5-15(13)19-9)17(22)20-10(2)16-8-23-11(3)21-16/h4-8,10H,1-3H3,(H,20,22). The molecule has 6 heteroatoms. The third-order valence-electron chi connectivity index (χ3n) is 3.57. The van der Waals surface area contributed by atoms with Crippen molar-refractivity contribution < 1.29 is 9.18 Å². The van der Waals surface area contributed by atoms with Gasteiger partial charge >= 0.3 is 0 Å². The molecule has 0 saturated carbocycles. The highest BCUT2D eigenvalue weighted by Gasteiger charge is 2.17. The van der Waals surface area contributed by atoms with Gasteiger partial charge in [0.15, 0.2) is 0 Å². The van der Waals surface area contributed by atoms with Crippen LogP contribution in [0.15, 0.2) is 29.6 Å². The van der Waals surface area contributed by atoms with Crippen LogP contribution in [0.25, 0.3) is 10.9 Å². The minimum Gasteiger partial charge on any atom is -0.344 e. The Bertz CT molecular complexity index is 891. The number of nitrogens with zero attached hydrogens (tertiary/aromatic N) is 2. The van der Waals surface area contributed by atoms with Crippen molar-refractivity contribution in [1.82, 2.24) is 15.3 Å². The Hall–Kier alpha value is -2.34. The molecule has 4 nitrogen and oxygen atoms in total. The van der Waals surface area contributed by atoms with E-state index in [-0.39, 0.29) is 17.8 Å². The van der Waals surface area contributed by atoms with Crippen molar-refractivity contribution in [3.63, 3.8) is 0 Å². The number of aryl methyl sites for hydroxylation is 2. The molecule has 0 aliphatic rings. The van der Waals surface area contributed by atoms with Gasteiger partial charge in [0.25, 0.3) is 5.91 Å². The second-order valence-electron chi connectivity index (χ2n) is 5.46. The number of rotatable bonds is 3. The van der Waals surface area contributed by atoms with Crippen LogP contribution in [0.5, 0.6) is 0 Å². The van der Waals surface area contributed by atoms with Crippen molar-refractivity contribution in [2.45, 2.75) is 26.8 Å². The smallest absolute Gasteiger partial charge is 0.252 e. The van der Waals surface area contributed by atoms with Gasteiger partial charge in [-0.25, -0.2) is 9.37 Å². The maximum Gasteiger partial charge on any atom is 0.252 e. The van der Waals surface area contributed by atoms with Gasteiger partial charge in [-0.15, -0.1) is 11.3 Å². The normalized spacial score (nSPS) is 12.3. The zero-order chi connectivity index (χ0) is 16.6. The van der Waals surface area contributed by atoms with Gasteiger partial charge in [0.2, 0.25) is 0 Å². The van der Waals surface area contributed by atoms with Crippen LogP contribution in [0.1, 0.15) is 39.7 Å². The predicted octanol–water partition coefficient (Wildman–Crippen LogP) is 3.94. The van der Waals surface area contributed by atoms with E-state index in [4.69, 9.17) is 0 Å². The summed E-state index contributed by atoms with van der Waals surface area (Å²) in [5.74, 6) is -0.648. The van der Waals surface area contributed by atoms with Crippen LogP contribution in [-0.4, -0.2) is 15.9 Å². The molecular formula is C17H16FN3OS. The summed E-state index contributed by atoms with van der Waals surface area (Å²) in [6, 6.07) is 5.73. The lowest BCUT2D eigenvalue weighted by Crippen LogP contribution is -2.27. The van der Waals surface area contributed by atoms with E-state index in [2.05, 4.69) is 15.3 Å². The van der Waals surface area contributed by atoms with Crippen LogP contribution < -0.4 is 5.32 Å². The molecule has 1 aromatic carbocycles. The third kappa shape index (κ3) is 3.22. The number of amides is 1. The maximum absolute atomic E-state index is 13.5. The van der Waals surface area contributed by atoms with Crippen molar-refractivity contribution in [2.24, 2.45) is 0 Å². The molecular weight excluding hydrogens is 313 g/mol. The van der Waals surface area contributed by atoms with Crippen LogP contribution in [-0.2, 0) is 0 Å². The highest BCUT2D eigenvalue weighted by atomic mass is 32.1. The minimum atomic E-state index is -0.389. The van der Waals surface area contributed by atoms with Crippen LogP contribution in [0.4, 0.5) is 4.39 Å². The first-order valence-corrected chi connectivity index (χ1v) is 8.12. The second kappa shape index (κ2) is 6.04. The fourth-order valence-electron chi connectivity index (χ4n) is 2.45. The third-order valence-corrected chi connectivity index (χ3v) is 4.36. The molecule has 23 heavy (non-hydrogen) atoms. The van der Waals surface area contributed by atoms with Gasteiger partial charge < -0.3 is 5.32 Å². The van der Waals surface area contributed by atoms with Gasteiger partial charge in [-0.1, -0.05) is 0 Å². The fraction of sp³-hybridized carbons (Fsp3) is 0.235. The average molecular weight is 329 g/mol. The Kier molecular flexibility index (Phi) is 4.09. The van der Waals surface area contributed by atoms with Crippen LogP contribution in [0.2, 0.25) is 0 Å². The van der Waals surface area contributed by atoms with Crippen LogP contribution in [0, 0.1) is 19.7 Å². The van der Waals surface area contributed by atoms with E-state index < -0.39 is 0 Å². The molecule has 1 unspecified atom stereocenters. The van der Waals surface area contributed by atoms with E-state index in [9.17, 15) is 9.18 Å². The number of hydrogen-bond acceptors (Lipinski definition) is 4. The number of benzene rings is 1. The highest BCUT2D eigenvalue weighted by molar-refractivity contribution is 7.09. The zero-order valence-corrected chi connectivity index (χ0v) is 13.9. The van der Waals surface area contributed by atoms with Gasteiger partial charge in [0.05, 0.1) is 27.8 Å². The van der Waals surface area contributed by atoms with E-state index in [1.165, 1.54) is 12.1 Å². The van der Waals surface area contributed by atoms with Crippen molar-refractivity contribution in [3.8, 4) is 0 Å². The highest BCUT2D eigenvalue weighted by Crippen LogP contribution is 2.21. The Morgan fingerprint density at radius 3 is 2.74 bits per heavy atom. The average Bonchev–Trinajstić information content (AvgIpc) is 2.93. The molecule has 1 atom stereocenters. The molecule has 0 aliphatic carbocycles. The van der Waals surface area contributed by atoms with Crippen LogP contribution >= 0.6 is 11.3 Å². The van der Waals surface area contributed by atoms with Gasteiger partial charge in [-0.2, -0.15) is 0 Å². The molecule has 0 saturated heterocycles. The molecule has 0 fully saturated rings. The molecule has 3 aromatic rings. The molecule has 118 valence electrons. The Balaban J connectivity index is 1.95.